The smallest absolute Gasteiger partial charge is 0.251 e. The molecule has 2 aromatic carbocycles. The molecule has 0 aliphatic carbocycles. The van der Waals surface area contributed by atoms with Crippen molar-refractivity contribution in [1.82, 2.24) is 10.3 Å². The number of fused-ring (bicyclic) bond motifs is 1. The van der Waals surface area contributed by atoms with Gasteiger partial charge in [0.2, 0.25) is 5.91 Å². The zero-order chi connectivity index (χ0) is 23.4. The maximum absolute atomic E-state index is 12.4. The second-order valence-electron chi connectivity index (χ2n) is 8.22. The van der Waals surface area contributed by atoms with Gasteiger partial charge in [0.05, 0.1) is 12.6 Å². The summed E-state index contributed by atoms with van der Waals surface area (Å²) in [6.07, 6.45) is 2.52. The third-order valence-electron chi connectivity index (χ3n) is 5.88. The Labute approximate surface area is 193 Å². The average Bonchev–Trinajstić information content (AvgIpc) is 2.83. The van der Waals surface area contributed by atoms with E-state index >= 15 is 0 Å². The molecule has 0 bridgehead atoms. The van der Waals surface area contributed by atoms with Crippen LogP contribution in [0.15, 0.2) is 66.9 Å². The fourth-order valence-corrected chi connectivity index (χ4v) is 4.37. The lowest BCUT2D eigenvalue weighted by Gasteiger charge is -2.39. The molecule has 3 N–H and O–H groups in total. The van der Waals surface area contributed by atoms with Gasteiger partial charge in [-0.1, -0.05) is 24.3 Å². The van der Waals surface area contributed by atoms with Crippen molar-refractivity contribution in [2.75, 3.05) is 23.4 Å². The summed E-state index contributed by atoms with van der Waals surface area (Å²) in [6.45, 7) is 3.79. The fourth-order valence-electron chi connectivity index (χ4n) is 4.37. The number of benzene rings is 2. The van der Waals surface area contributed by atoms with E-state index in [1.165, 1.54) is 0 Å². The predicted molar refractivity (Wildman–Crippen MR) is 129 cm³/mol. The van der Waals surface area contributed by atoms with Crippen molar-refractivity contribution in [3.05, 3.63) is 78.0 Å². The van der Waals surface area contributed by atoms with Crippen LogP contribution in [0.25, 0.3) is 11.1 Å². The summed E-state index contributed by atoms with van der Waals surface area (Å²) in [5.41, 5.74) is 4.45. The molecule has 0 radical (unpaired) electrons. The molecule has 1 aliphatic rings. The molecule has 170 valence electrons. The summed E-state index contributed by atoms with van der Waals surface area (Å²) < 4.78 is 0. The number of pyridine rings is 1. The molecule has 7 heteroatoms. The van der Waals surface area contributed by atoms with Crippen molar-refractivity contribution in [1.29, 1.82) is 0 Å². The molecule has 1 aliphatic heterocycles. The van der Waals surface area contributed by atoms with Gasteiger partial charge in [-0.2, -0.15) is 0 Å². The summed E-state index contributed by atoms with van der Waals surface area (Å²) in [6, 6.07) is 19.3. The topological polar surface area (TPSA) is 94.6 Å². The number of amides is 2. The first-order valence-corrected chi connectivity index (χ1v) is 11.1. The Balaban J connectivity index is 1.68. The maximum Gasteiger partial charge on any atom is 0.251 e. The van der Waals surface area contributed by atoms with Crippen LogP contribution in [0.5, 0.6) is 0 Å². The van der Waals surface area contributed by atoms with Crippen LogP contribution in [0.3, 0.4) is 0 Å². The van der Waals surface area contributed by atoms with Gasteiger partial charge in [-0.15, -0.1) is 0 Å². The molecular formula is C26H28N4O3. The molecule has 2 heterocycles. The Hall–Kier alpha value is -3.71. The van der Waals surface area contributed by atoms with Gasteiger partial charge in [0.25, 0.3) is 5.91 Å². The number of rotatable bonds is 6. The van der Waals surface area contributed by atoms with Crippen molar-refractivity contribution in [2.24, 2.45) is 0 Å². The highest BCUT2D eigenvalue weighted by molar-refractivity contribution is 5.95. The van der Waals surface area contributed by atoms with Gasteiger partial charge in [0.15, 0.2) is 0 Å². The lowest BCUT2D eigenvalue weighted by molar-refractivity contribution is -0.117. The number of carbonyl (C=O) groups is 2. The van der Waals surface area contributed by atoms with Gasteiger partial charge in [-0.3, -0.25) is 9.59 Å². The molecule has 7 nitrogen and oxygen atoms in total. The molecular weight excluding hydrogens is 416 g/mol. The number of nitrogens with zero attached hydrogens (tertiary/aromatic N) is 2. The second-order valence-corrected chi connectivity index (χ2v) is 8.22. The van der Waals surface area contributed by atoms with E-state index in [-0.39, 0.29) is 37.0 Å². The number of nitrogens with one attached hydrogen (secondary N) is 2. The van der Waals surface area contributed by atoms with Gasteiger partial charge in [0, 0.05) is 37.0 Å². The molecule has 0 saturated heterocycles. The minimum absolute atomic E-state index is 0.00369. The van der Waals surface area contributed by atoms with Gasteiger partial charge in [-0.25, -0.2) is 4.98 Å². The Morgan fingerprint density at radius 2 is 1.85 bits per heavy atom. The zero-order valence-electron chi connectivity index (χ0n) is 18.8. The van der Waals surface area contributed by atoms with Gasteiger partial charge in [0.1, 0.15) is 5.82 Å². The summed E-state index contributed by atoms with van der Waals surface area (Å²) in [5, 5.41) is 15.1. The molecule has 2 atom stereocenters. The normalized spacial score (nSPS) is 17.2. The van der Waals surface area contributed by atoms with Crippen molar-refractivity contribution < 1.29 is 14.7 Å². The van der Waals surface area contributed by atoms with Crippen LogP contribution in [0.2, 0.25) is 0 Å². The Morgan fingerprint density at radius 1 is 1.09 bits per heavy atom. The first-order chi connectivity index (χ1) is 16.0. The number of carbonyl (C=O) groups excluding carboxylic acids is 2. The monoisotopic (exact) mass is 444 g/mol. The second kappa shape index (κ2) is 9.83. The lowest BCUT2D eigenvalue weighted by Crippen LogP contribution is -2.43. The third kappa shape index (κ3) is 4.88. The van der Waals surface area contributed by atoms with E-state index in [0.29, 0.717) is 5.56 Å². The molecule has 4 rings (SSSR count). The average molecular weight is 445 g/mol. The van der Waals surface area contributed by atoms with E-state index in [1.807, 2.05) is 47.4 Å². The third-order valence-corrected chi connectivity index (χ3v) is 5.88. The number of hydrogen-bond acceptors (Lipinski definition) is 5. The molecule has 2 unspecified atom stereocenters. The van der Waals surface area contributed by atoms with Gasteiger partial charge >= 0.3 is 0 Å². The van der Waals surface area contributed by atoms with Crippen LogP contribution in [-0.2, 0) is 4.79 Å². The molecule has 33 heavy (non-hydrogen) atoms. The minimum Gasteiger partial charge on any atom is -0.395 e. The summed E-state index contributed by atoms with van der Waals surface area (Å²) in [4.78, 5) is 30.8. The van der Waals surface area contributed by atoms with E-state index in [0.717, 1.165) is 34.6 Å². The Kier molecular flexibility index (Phi) is 6.70. The van der Waals surface area contributed by atoms with E-state index < -0.39 is 0 Å². The van der Waals surface area contributed by atoms with Crippen LogP contribution in [0.1, 0.15) is 42.2 Å². The summed E-state index contributed by atoms with van der Waals surface area (Å²) in [5.74, 6) is 0.596. The molecule has 1 aromatic heterocycles. The highest BCUT2D eigenvalue weighted by atomic mass is 16.3. The summed E-state index contributed by atoms with van der Waals surface area (Å²) >= 11 is 0. The highest BCUT2D eigenvalue weighted by Crippen LogP contribution is 2.41. The number of aliphatic hydroxyl groups is 1. The molecule has 2 amide bonds. The van der Waals surface area contributed by atoms with Crippen molar-refractivity contribution in [3.8, 4) is 11.1 Å². The first-order valence-electron chi connectivity index (χ1n) is 11.1. The fraction of sp³-hybridized carbons (Fsp3) is 0.269. The number of anilines is 2. The number of aromatic nitrogens is 1. The number of hydrogen-bond donors (Lipinski definition) is 3. The molecule has 0 fully saturated rings. The van der Waals surface area contributed by atoms with Crippen LogP contribution >= 0.6 is 0 Å². The maximum atomic E-state index is 12.4. The largest absolute Gasteiger partial charge is 0.395 e. The lowest BCUT2D eigenvalue weighted by atomic mass is 9.89. The van der Waals surface area contributed by atoms with Crippen LogP contribution in [0.4, 0.5) is 11.5 Å². The quantitative estimate of drug-likeness (QED) is 0.538. The van der Waals surface area contributed by atoms with Crippen LogP contribution < -0.4 is 15.5 Å². The van der Waals surface area contributed by atoms with E-state index in [1.54, 1.807) is 25.3 Å². The first kappa shape index (κ1) is 22.5. The minimum atomic E-state index is -0.216. The van der Waals surface area contributed by atoms with E-state index in [9.17, 15) is 9.59 Å². The summed E-state index contributed by atoms with van der Waals surface area (Å²) in [7, 11) is 0. The standard InChI is InChI=1S/C26H28N4O3/c1-17-15-23(29-25-5-3-4-12-27-25)22-16-21(10-11-24(22)30(17)18(2)32)19-6-8-20(9-7-19)26(33)28-13-14-31/h3-12,16-17,23,31H,13-15H2,1-2H3,(H,27,29)(H,28,33). The molecule has 3 aromatic rings. The SMILES string of the molecule is CC(=O)N1c2ccc(-c3ccc(C(=O)NCCO)cc3)cc2C(Nc2ccccn2)CC1C. The number of aliphatic hydroxyl groups excluding tert-OH is 1. The predicted octanol–water partition coefficient (Wildman–Crippen LogP) is 3.77. The van der Waals surface area contributed by atoms with Gasteiger partial charge in [-0.05, 0) is 66.4 Å². The van der Waals surface area contributed by atoms with Crippen molar-refractivity contribution in [3.63, 3.8) is 0 Å². The van der Waals surface area contributed by atoms with Crippen molar-refractivity contribution in [2.45, 2.75) is 32.4 Å². The van der Waals surface area contributed by atoms with Crippen molar-refractivity contribution >= 4 is 23.3 Å². The zero-order valence-corrected chi connectivity index (χ0v) is 18.8. The van der Waals surface area contributed by atoms with Gasteiger partial charge < -0.3 is 20.6 Å². The van der Waals surface area contributed by atoms with E-state index in [2.05, 4.69) is 28.6 Å². The highest BCUT2D eigenvalue weighted by Gasteiger charge is 2.32. The molecule has 0 spiro atoms. The van der Waals surface area contributed by atoms with Crippen LogP contribution in [-0.4, -0.2) is 41.1 Å². The Morgan fingerprint density at radius 3 is 2.52 bits per heavy atom. The van der Waals surface area contributed by atoms with E-state index in [4.69, 9.17) is 5.11 Å². The van der Waals surface area contributed by atoms with Crippen LogP contribution in [0, 0.1) is 0 Å². The Bertz CT molecular complexity index is 1130. The molecule has 0 saturated carbocycles.